The first kappa shape index (κ1) is 16.3. The van der Waals surface area contributed by atoms with Gasteiger partial charge in [-0.15, -0.1) is 0 Å². The van der Waals surface area contributed by atoms with Crippen molar-refractivity contribution in [2.75, 3.05) is 26.1 Å². The highest BCUT2D eigenvalue weighted by Crippen LogP contribution is 2.05. The zero-order valence-electron chi connectivity index (χ0n) is 10.7. The molecule has 0 aliphatic heterocycles. The van der Waals surface area contributed by atoms with E-state index >= 15 is 0 Å². The molecule has 0 aliphatic rings. The minimum Gasteiger partial charge on any atom is -0.468 e. The summed E-state index contributed by atoms with van der Waals surface area (Å²) in [5, 5.41) is 0. The van der Waals surface area contributed by atoms with Crippen LogP contribution >= 0.6 is 0 Å². The number of esters is 1. The second kappa shape index (κ2) is 7.62. The van der Waals surface area contributed by atoms with Crippen molar-refractivity contribution in [3.05, 3.63) is 0 Å². The van der Waals surface area contributed by atoms with Crippen LogP contribution in [0.1, 0.15) is 20.8 Å². The van der Waals surface area contributed by atoms with Gasteiger partial charge in [0.05, 0.1) is 19.5 Å². The van der Waals surface area contributed by atoms with E-state index < -0.39 is 22.0 Å². The molecule has 17 heavy (non-hydrogen) atoms. The van der Waals surface area contributed by atoms with E-state index in [1.165, 1.54) is 7.11 Å². The van der Waals surface area contributed by atoms with Crippen molar-refractivity contribution in [2.45, 2.75) is 26.8 Å². The fourth-order valence-corrected chi connectivity index (χ4v) is 2.36. The van der Waals surface area contributed by atoms with E-state index in [9.17, 15) is 13.2 Å². The van der Waals surface area contributed by atoms with Crippen molar-refractivity contribution < 1.29 is 22.7 Å². The topological polar surface area (TPSA) is 81.7 Å². The van der Waals surface area contributed by atoms with Gasteiger partial charge in [-0.1, -0.05) is 13.8 Å². The number of carbonyl (C=O) groups excluding carboxylic acids is 1. The van der Waals surface area contributed by atoms with Crippen molar-refractivity contribution in [2.24, 2.45) is 5.92 Å². The number of methoxy groups -OCH3 is 1. The van der Waals surface area contributed by atoms with Crippen molar-refractivity contribution in [3.63, 3.8) is 0 Å². The fourth-order valence-electron chi connectivity index (χ4n) is 1.15. The van der Waals surface area contributed by atoms with Crippen molar-refractivity contribution >= 4 is 16.0 Å². The zero-order valence-corrected chi connectivity index (χ0v) is 11.5. The monoisotopic (exact) mass is 267 g/mol. The molecular formula is C10H21NO5S. The molecule has 102 valence electrons. The largest absolute Gasteiger partial charge is 0.468 e. The molecule has 0 aromatic heterocycles. The standard InChI is InChI=1S/C10H21NO5S/c1-5-16-6-7-17(13,14)11-9(8(2)3)10(12)15-4/h8-9,11H,5-7H2,1-4H3. The summed E-state index contributed by atoms with van der Waals surface area (Å²) in [5.74, 6) is -0.926. The van der Waals surface area contributed by atoms with Crippen LogP contribution in [-0.2, 0) is 24.3 Å². The van der Waals surface area contributed by atoms with Crippen molar-refractivity contribution in [3.8, 4) is 0 Å². The maximum absolute atomic E-state index is 11.6. The molecule has 0 radical (unpaired) electrons. The molecule has 0 saturated carbocycles. The number of ether oxygens (including phenoxy) is 2. The lowest BCUT2D eigenvalue weighted by atomic mass is 10.1. The molecule has 6 nitrogen and oxygen atoms in total. The Bertz CT molecular complexity index is 326. The third-order valence-electron chi connectivity index (χ3n) is 2.13. The van der Waals surface area contributed by atoms with Crippen LogP contribution in [0.4, 0.5) is 0 Å². The van der Waals surface area contributed by atoms with Crippen LogP contribution in [0.5, 0.6) is 0 Å². The van der Waals surface area contributed by atoms with E-state index in [1.54, 1.807) is 20.8 Å². The number of nitrogens with one attached hydrogen (secondary N) is 1. The summed E-state index contributed by atoms with van der Waals surface area (Å²) in [6.45, 7) is 5.84. The molecule has 7 heteroatoms. The molecule has 0 rings (SSSR count). The molecule has 1 atom stereocenters. The Balaban J connectivity index is 4.48. The van der Waals surface area contributed by atoms with Crippen LogP contribution in [0.15, 0.2) is 0 Å². The summed E-state index contributed by atoms with van der Waals surface area (Å²) in [7, 11) is -2.30. The molecule has 0 bridgehead atoms. The van der Waals surface area contributed by atoms with Gasteiger partial charge < -0.3 is 9.47 Å². The van der Waals surface area contributed by atoms with Crippen LogP contribution in [0, 0.1) is 5.92 Å². The molecule has 1 N–H and O–H groups in total. The molecule has 0 heterocycles. The van der Waals surface area contributed by atoms with Gasteiger partial charge in [0.15, 0.2) is 0 Å². The van der Waals surface area contributed by atoms with Gasteiger partial charge in [-0.2, -0.15) is 0 Å². The average Bonchev–Trinajstić information content (AvgIpc) is 2.25. The van der Waals surface area contributed by atoms with Crippen LogP contribution in [0.2, 0.25) is 0 Å². The predicted molar refractivity (Wildman–Crippen MR) is 64.1 cm³/mol. The average molecular weight is 267 g/mol. The number of hydrogen-bond donors (Lipinski definition) is 1. The lowest BCUT2D eigenvalue weighted by Crippen LogP contribution is -2.46. The number of hydrogen-bond acceptors (Lipinski definition) is 5. The third-order valence-corrected chi connectivity index (χ3v) is 3.45. The van der Waals surface area contributed by atoms with Gasteiger partial charge in [-0.3, -0.25) is 4.79 Å². The molecule has 0 aliphatic carbocycles. The molecule has 0 aromatic carbocycles. The second-order valence-corrected chi connectivity index (χ2v) is 5.75. The Morgan fingerprint density at radius 2 is 1.94 bits per heavy atom. The van der Waals surface area contributed by atoms with E-state index in [0.717, 1.165) is 0 Å². The molecule has 0 aromatic rings. The van der Waals surface area contributed by atoms with Crippen LogP contribution < -0.4 is 4.72 Å². The summed E-state index contributed by atoms with van der Waals surface area (Å²) < 4.78 is 35.1. The number of rotatable bonds is 8. The Morgan fingerprint density at radius 3 is 2.35 bits per heavy atom. The Hall–Kier alpha value is -0.660. The lowest BCUT2D eigenvalue weighted by molar-refractivity contribution is -0.143. The Morgan fingerprint density at radius 1 is 1.35 bits per heavy atom. The van der Waals surface area contributed by atoms with Crippen molar-refractivity contribution in [1.29, 1.82) is 0 Å². The molecule has 0 fully saturated rings. The summed E-state index contributed by atoms with van der Waals surface area (Å²) >= 11 is 0. The Kier molecular flexibility index (Phi) is 7.33. The van der Waals surface area contributed by atoms with Gasteiger partial charge in [-0.25, -0.2) is 13.1 Å². The van der Waals surface area contributed by atoms with Gasteiger partial charge in [-0.05, 0) is 12.8 Å². The first-order valence-corrected chi connectivity index (χ1v) is 7.14. The summed E-state index contributed by atoms with van der Waals surface area (Å²) in [5.41, 5.74) is 0. The van der Waals surface area contributed by atoms with E-state index in [-0.39, 0.29) is 18.3 Å². The Labute approximate surface area is 103 Å². The van der Waals surface area contributed by atoms with Gasteiger partial charge >= 0.3 is 5.97 Å². The van der Waals surface area contributed by atoms with Crippen LogP contribution in [0.3, 0.4) is 0 Å². The predicted octanol–water partition coefficient (Wildman–Crippen LogP) is 0.140. The smallest absolute Gasteiger partial charge is 0.324 e. The van der Waals surface area contributed by atoms with E-state index in [1.807, 2.05) is 0 Å². The quantitative estimate of drug-likeness (QED) is 0.500. The van der Waals surface area contributed by atoms with Gasteiger partial charge in [0, 0.05) is 6.61 Å². The van der Waals surface area contributed by atoms with E-state index in [0.29, 0.717) is 6.61 Å². The maximum atomic E-state index is 11.6. The second-order valence-electron chi connectivity index (χ2n) is 3.88. The van der Waals surface area contributed by atoms with Crippen molar-refractivity contribution in [1.82, 2.24) is 4.72 Å². The lowest BCUT2D eigenvalue weighted by Gasteiger charge is -2.19. The SMILES string of the molecule is CCOCCS(=O)(=O)NC(C(=O)OC)C(C)C. The highest BCUT2D eigenvalue weighted by molar-refractivity contribution is 7.89. The molecule has 0 amide bonds. The molecular weight excluding hydrogens is 246 g/mol. The minimum absolute atomic E-state index is 0.109. The van der Waals surface area contributed by atoms with E-state index in [4.69, 9.17) is 4.74 Å². The summed E-state index contributed by atoms with van der Waals surface area (Å²) in [6, 6.07) is -0.855. The van der Waals surface area contributed by atoms with Crippen LogP contribution in [-0.4, -0.2) is 46.5 Å². The van der Waals surface area contributed by atoms with Crippen LogP contribution in [0.25, 0.3) is 0 Å². The van der Waals surface area contributed by atoms with Gasteiger partial charge in [0.25, 0.3) is 0 Å². The highest BCUT2D eigenvalue weighted by Gasteiger charge is 2.27. The molecule has 0 saturated heterocycles. The van der Waals surface area contributed by atoms with Gasteiger partial charge in [0.1, 0.15) is 6.04 Å². The molecule has 0 spiro atoms. The first-order valence-electron chi connectivity index (χ1n) is 5.49. The third kappa shape index (κ3) is 6.60. The van der Waals surface area contributed by atoms with Gasteiger partial charge in [0.2, 0.25) is 10.0 Å². The minimum atomic E-state index is -3.53. The van der Waals surface area contributed by atoms with E-state index in [2.05, 4.69) is 9.46 Å². The number of sulfonamides is 1. The first-order chi connectivity index (χ1) is 7.84. The highest BCUT2D eigenvalue weighted by atomic mass is 32.2. The number of carbonyl (C=O) groups is 1. The molecule has 1 unspecified atom stereocenters. The normalized spacial score (nSPS) is 13.7. The summed E-state index contributed by atoms with van der Waals surface area (Å²) in [4.78, 5) is 11.4. The fraction of sp³-hybridized carbons (Fsp3) is 0.900. The summed E-state index contributed by atoms with van der Waals surface area (Å²) in [6.07, 6.45) is 0. The maximum Gasteiger partial charge on any atom is 0.324 e. The zero-order chi connectivity index (χ0) is 13.5.